The average molecular weight is 220 g/mol. The zero-order valence-electron chi connectivity index (χ0n) is 9.02. The highest BCUT2D eigenvalue weighted by Crippen LogP contribution is 2.07. The van der Waals surface area contributed by atoms with Crippen molar-refractivity contribution < 1.29 is 4.39 Å². The first kappa shape index (κ1) is 10.6. The Labute approximate surface area is 92.9 Å². The summed E-state index contributed by atoms with van der Waals surface area (Å²) in [5.74, 6) is 0.907. The summed E-state index contributed by atoms with van der Waals surface area (Å²) in [4.78, 5) is 4.10. The molecule has 0 aliphatic heterocycles. The minimum Gasteiger partial charge on any atom is -0.366 e. The van der Waals surface area contributed by atoms with Gasteiger partial charge in [-0.2, -0.15) is 4.98 Å². The molecule has 0 aliphatic carbocycles. The lowest BCUT2D eigenvalue weighted by atomic mass is 10.1. The predicted octanol–water partition coefficient (Wildman–Crippen LogP) is 1.32. The van der Waals surface area contributed by atoms with Gasteiger partial charge >= 0.3 is 0 Å². The number of halogens is 1. The number of rotatable bonds is 3. The molecule has 1 heterocycles. The van der Waals surface area contributed by atoms with Gasteiger partial charge in [0.25, 0.3) is 0 Å². The van der Waals surface area contributed by atoms with Gasteiger partial charge in [0, 0.05) is 13.5 Å². The minimum absolute atomic E-state index is 0.216. The van der Waals surface area contributed by atoms with Gasteiger partial charge in [0.05, 0.1) is 0 Å². The highest BCUT2D eigenvalue weighted by atomic mass is 19.1. The van der Waals surface area contributed by atoms with Crippen molar-refractivity contribution in [2.24, 2.45) is 7.05 Å². The maximum Gasteiger partial charge on any atom is 0.239 e. The number of aryl methyl sites for hydroxylation is 3. The van der Waals surface area contributed by atoms with Crippen LogP contribution >= 0.6 is 0 Å². The fraction of sp³-hybridized carbons (Fsp3) is 0.273. The van der Waals surface area contributed by atoms with E-state index >= 15 is 0 Å². The van der Waals surface area contributed by atoms with Gasteiger partial charge < -0.3 is 5.73 Å². The topological polar surface area (TPSA) is 56.7 Å². The van der Waals surface area contributed by atoms with Gasteiger partial charge in [-0.15, -0.1) is 5.10 Å². The maximum atomic E-state index is 12.7. The van der Waals surface area contributed by atoms with Crippen LogP contribution in [0.25, 0.3) is 0 Å². The Morgan fingerprint density at radius 2 is 1.94 bits per heavy atom. The third-order valence-electron chi connectivity index (χ3n) is 2.42. The first-order chi connectivity index (χ1) is 7.65. The van der Waals surface area contributed by atoms with E-state index in [4.69, 9.17) is 5.73 Å². The summed E-state index contributed by atoms with van der Waals surface area (Å²) in [5, 5.41) is 3.96. The molecule has 0 spiro atoms. The molecule has 2 aromatic rings. The lowest BCUT2D eigenvalue weighted by Gasteiger charge is -2.00. The van der Waals surface area contributed by atoms with Gasteiger partial charge in [0.15, 0.2) is 0 Å². The molecule has 0 fully saturated rings. The van der Waals surface area contributed by atoms with Gasteiger partial charge in [-0.1, -0.05) is 12.1 Å². The van der Waals surface area contributed by atoms with Crippen molar-refractivity contribution >= 4 is 5.95 Å². The zero-order chi connectivity index (χ0) is 11.5. The molecule has 2 N–H and O–H groups in total. The fourth-order valence-corrected chi connectivity index (χ4v) is 1.56. The molecule has 0 aliphatic rings. The van der Waals surface area contributed by atoms with E-state index in [2.05, 4.69) is 10.1 Å². The van der Waals surface area contributed by atoms with Crippen molar-refractivity contribution in [1.82, 2.24) is 14.8 Å². The number of benzene rings is 1. The van der Waals surface area contributed by atoms with E-state index in [0.717, 1.165) is 24.2 Å². The molecule has 5 heteroatoms. The molecule has 0 unspecified atom stereocenters. The minimum atomic E-state index is -0.216. The largest absolute Gasteiger partial charge is 0.366 e. The Bertz CT molecular complexity index is 475. The summed E-state index contributed by atoms with van der Waals surface area (Å²) in [6.45, 7) is 0. The molecule has 1 aromatic carbocycles. The van der Waals surface area contributed by atoms with Crippen LogP contribution < -0.4 is 5.73 Å². The number of anilines is 1. The van der Waals surface area contributed by atoms with E-state index in [1.165, 1.54) is 12.1 Å². The second kappa shape index (κ2) is 4.30. The van der Waals surface area contributed by atoms with Crippen LogP contribution in [0.4, 0.5) is 10.3 Å². The molecular weight excluding hydrogens is 207 g/mol. The van der Waals surface area contributed by atoms with Crippen LogP contribution in [0, 0.1) is 5.82 Å². The SMILES string of the molecule is Cn1nc(N)nc1CCc1ccc(F)cc1. The summed E-state index contributed by atoms with van der Waals surface area (Å²) >= 11 is 0. The second-order valence-electron chi connectivity index (χ2n) is 3.64. The molecular formula is C11H13FN4. The monoisotopic (exact) mass is 220 g/mol. The lowest BCUT2D eigenvalue weighted by Crippen LogP contribution is -2.01. The van der Waals surface area contributed by atoms with Crippen molar-refractivity contribution in [3.63, 3.8) is 0 Å². The van der Waals surface area contributed by atoms with Crippen molar-refractivity contribution in [2.45, 2.75) is 12.8 Å². The standard InChI is InChI=1S/C11H13FN4/c1-16-10(14-11(13)15-16)7-4-8-2-5-9(12)6-3-8/h2-3,5-6H,4,7H2,1H3,(H2,13,15). The molecule has 1 aromatic heterocycles. The molecule has 2 rings (SSSR count). The van der Waals surface area contributed by atoms with E-state index < -0.39 is 0 Å². The van der Waals surface area contributed by atoms with Crippen LogP contribution in [0.15, 0.2) is 24.3 Å². The van der Waals surface area contributed by atoms with E-state index in [1.54, 1.807) is 16.8 Å². The molecule has 0 atom stereocenters. The number of hydrogen-bond acceptors (Lipinski definition) is 3. The first-order valence-corrected chi connectivity index (χ1v) is 5.05. The third-order valence-corrected chi connectivity index (χ3v) is 2.42. The van der Waals surface area contributed by atoms with Crippen LogP contribution in [0.1, 0.15) is 11.4 Å². The van der Waals surface area contributed by atoms with Crippen LogP contribution in [-0.2, 0) is 19.9 Å². The van der Waals surface area contributed by atoms with Crippen LogP contribution in [-0.4, -0.2) is 14.8 Å². The lowest BCUT2D eigenvalue weighted by molar-refractivity contribution is 0.626. The van der Waals surface area contributed by atoms with E-state index in [9.17, 15) is 4.39 Å². The highest BCUT2D eigenvalue weighted by Gasteiger charge is 2.04. The third kappa shape index (κ3) is 2.36. The Hall–Kier alpha value is -1.91. The highest BCUT2D eigenvalue weighted by molar-refractivity contribution is 5.18. The molecule has 0 bridgehead atoms. The molecule has 16 heavy (non-hydrogen) atoms. The van der Waals surface area contributed by atoms with Crippen LogP contribution in [0.5, 0.6) is 0 Å². The number of nitrogen functional groups attached to an aromatic ring is 1. The summed E-state index contributed by atoms with van der Waals surface area (Å²) in [6.07, 6.45) is 1.54. The summed E-state index contributed by atoms with van der Waals surface area (Å²) < 4.78 is 14.3. The van der Waals surface area contributed by atoms with Gasteiger partial charge in [-0.05, 0) is 24.1 Å². The molecule has 0 saturated heterocycles. The van der Waals surface area contributed by atoms with Crippen LogP contribution in [0.2, 0.25) is 0 Å². The normalized spacial score (nSPS) is 10.6. The van der Waals surface area contributed by atoms with E-state index in [-0.39, 0.29) is 11.8 Å². The second-order valence-corrected chi connectivity index (χ2v) is 3.64. The molecule has 84 valence electrons. The first-order valence-electron chi connectivity index (χ1n) is 5.05. The van der Waals surface area contributed by atoms with Crippen LogP contribution in [0.3, 0.4) is 0 Å². The fourth-order valence-electron chi connectivity index (χ4n) is 1.56. The van der Waals surface area contributed by atoms with Gasteiger partial charge in [0.1, 0.15) is 11.6 Å². The van der Waals surface area contributed by atoms with Crippen molar-refractivity contribution in [3.8, 4) is 0 Å². The number of hydrogen-bond donors (Lipinski definition) is 1. The Morgan fingerprint density at radius 1 is 1.25 bits per heavy atom. The Balaban J connectivity index is 2.02. The average Bonchev–Trinajstić information content (AvgIpc) is 2.57. The molecule has 0 radical (unpaired) electrons. The van der Waals surface area contributed by atoms with Crippen molar-refractivity contribution in [3.05, 3.63) is 41.5 Å². The van der Waals surface area contributed by atoms with Crippen molar-refractivity contribution in [1.29, 1.82) is 0 Å². The Kier molecular flexibility index (Phi) is 2.85. The summed E-state index contributed by atoms with van der Waals surface area (Å²) in [6, 6.07) is 6.46. The Morgan fingerprint density at radius 3 is 2.50 bits per heavy atom. The molecule has 4 nitrogen and oxygen atoms in total. The maximum absolute atomic E-state index is 12.7. The van der Waals surface area contributed by atoms with E-state index in [0.29, 0.717) is 0 Å². The van der Waals surface area contributed by atoms with E-state index in [1.807, 2.05) is 7.05 Å². The smallest absolute Gasteiger partial charge is 0.239 e. The summed E-state index contributed by atoms with van der Waals surface area (Å²) in [7, 11) is 1.81. The molecule has 0 amide bonds. The van der Waals surface area contributed by atoms with Crippen molar-refractivity contribution in [2.75, 3.05) is 5.73 Å². The quantitative estimate of drug-likeness (QED) is 0.848. The number of nitrogens with zero attached hydrogens (tertiary/aromatic N) is 3. The van der Waals surface area contributed by atoms with Gasteiger partial charge in [0.2, 0.25) is 5.95 Å². The predicted molar refractivity (Wildman–Crippen MR) is 59.2 cm³/mol. The summed E-state index contributed by atoms with van der Waals surface area (Å²) in [5.41, 5.74) is 6.55. The van der Waals surface area contributed by atoms with Gasteiger partial charge in [-0.25, -0.2) is 4.39 Å². The number of aromatic nitrogens is 3. The van der Waals surface area contributed by atoms with Gasteiger partial charge in [-0.3, -0.25) is 4.68 Å². The molecule has 0 saturated carbocycles. The number of nitrogens with two attached hydrogens (primary N) is 1. The zero-order valence-corrected chi connectivity index (χ0v) is 9.02.